The normalized spacial score (nSPS) is 12.2. The lowest BCUT2D eigenvalue weighted by molar-refractivity contribution is 0.461. The molecule has 0 saturated carbocycles. The van der Waals surface area contributed by atoms with Gasteiger partial charge in [-0.05, 0) is 19.1 Å². The first-order valence-electron chi connectivity index (χ1n) is 7.49. The lowest BCUT2D eigenvalue weighted by Crippen LogP contribution is -2.20. The highest BCUT2D eigenvalue weighted by Gasteiger charge is 2.18. The molecule has 0 spiro atoms. The molecule has 0 bridgehead atoms. The molecule has 124 valence electrons. The molecule has 0 aliphatic carbocycles. The molecule has 0 amide bonds. The van der Waals surface area contributed by atoms with Gasteiger partial charge in [-0.2, -0.15) is 19.7 Å². The topological polar surface area (TPSA) is 112 Å². The fourth-order valence-corrected chi connectivity index (χ4v) is 2.09. The summed E-state index contributed by atoms with van der Waals surface area (Å²) in [5.74, 6) is 1.69. The molecule has 1 atom stereocenters. The second-order valence-corrected chi connectivity index (χ2v) is 5.72. The highest BCUT2D eigenvalue weighted by molar-refractivity contribution is 5.54. The average Bonchev–Trinajstić information content (AvgIpc) is 3.04. The maximum atomic E-state index is 5.77. The van der Waals surface area contributed by atoms with Crippen LogP contribution in [0.2, 0.25) is 0 Å². The number of nitrogens with zero attached hydrogens (tertiary/aromatic N) is 8. The minimum absolute atomic E-state index is 0.162. The molecule has 2 N–H and O–H groups in total. The van der Waals surface area contributed by atoms with Crippen molar-refractivity contribution >= 4 is 11.9 Å². The molecule has 3 aromatic rings. The van der Waals surface area contributed by atoms with Crippen molar-refractivity contribution in [3.8, 4) is 11.4 Å². The molecule has 24 heavy (non-hydrogen) atoms. The van der Waals surface area contributed by atoms with E-state index >= 15 is 0 Å². The van der Waals surface area contributed by atoms with Crippen molar-refractivity contribution in [1.29, 1.82) is 0 Å². The third kappa shape index (κ3) is 3.14. The third-order valence-corrected chi connectivity index (χ3v) is 3.52. The molecule has 0 fully saturated rings. The number of hydrogen-bond donors (Lipinski definition) is 1. The van der Waals surface area contributed by atoms with E-state index in [1.54, 1.807) is 4.90 Å². The molecule has 3 rings (SSSR count). The Morgan fingerprint density at radius 3 is 2.46 bits per heavy atom. The number of nitrogens with two attached hydrogens (primary N) is 1. The average molecular weight is 325 g/mol. The van der Waals surface area contributed by atoms with Crippen LogP contribution in [0, 0.1) is 6.92 Å². The third-order valence-electron chi connectivity index (χ3n) is 3.52. The lowest BCUT2D eigenvalue weighted by atomic mass is 10.1. The Hall–Kier alpha value is -3.10. The van der Waals surface area contributed by atoms with E-state index in [2.05, 4.69) is 30.4 Å². The molecule has 0 radical (unpaired) electrons. The van der Waals surface area contributed by atoms with Crippen LogP contribution in [0.15, 0.2) is 24.3 Å². The number of benzene rings is 1. The fourth-order valence-electron chi connectivity index (χ4n) is 2.09. The summed E-state index contributed by atoms with van der Waals surface area (Å²) in [5.41, 5.74) is 7.85. The van der Waals surface area contributed by atoms with E-state index in [-0.39, 0.29) is 12.0 Å². The van der Waals surface area contributed by atoms with Gasteiger partial charge >= 0.3 is 0 Å². The summed E-state index contributed by atoms with van der Waals surface area (Å²) in [6.07, 6.45) is 0. The van der Waals surface area contributed by atoms with Crippen molar-refractivity contribution in [2.24, 2.45) is 0 Å². The summed E-state index contributed by atoms with van der Waals surface area (Å²) in [7, 11) is 3.68. The van der Waals surface area contributed by atoms with Crippen LogP contribution in [0.5, 0.6) is 0 Å². The molecule has 0 saturated heterocycles. The Balaban J connectivity index is 1.91. The van der Waals surface area contributed by atoms with Crippen LogP contribution in [0.25, 0.3) is 11.4 Å². The van der Waals surface area contributed by atoms with Gasteiger partial charge in [-0.15, -0.1) is 10.2 Å². The van der Waals surface area contributed by atoms with E-state index in [0.29, 0.717) is 17.6 Å². The van der Waals surface area contributed by atoms with Gasteiger partial charge in [0.1, 0.15) is 6.04 Å². The maximum absolute atomic E-state index is 5.77. The summed E-state index contributed by atoms with van der Waals surface area (Å²) >= 11 is 0. The SMILES string of the molecule is Cc1ccc(-c2nnn([C@@H](C)c3nc(N)nc(N(C)C)n3)n2)cc1. The van der Waals surface area contributed by atoms with Gasteiger partial charge in [0.15, 0.2) is 5.82 Å². The Labute approximate surface area is 139 Å². The first-order chi connectivity index (χ1) is 11.4. The summed E-state index contributed by atoms with van der Waals surface area (Å²) in [4.78, 5) is 15.9. The van der Waals surface area contributed by atoms with E-state index in [4.69, 9.17) is 5.73 Å². The Morgan fingerprint density at radius 1 is 1.08 bits per heavy atom. The highest BCUT2D eigenvalue weighted by Crippen LogP contribution is 2.18. The Morgan fingerprint density at radius 2 is 1.79 bits per heavy atom. The molecule has 0 unspecified atom stereocenters. The standard InChI is InChI=1S/C15H19N9/c1-9-5-7-11(8-6-9)13-20-22-24(21-13)10(2)12-17-14(16)19-15(18-12)23(3)4/h5-8,10H,1-4H3,(H2,16,17,18,19)/t10-/m0/s1. The lowest BCUT2D eigenvalue weighted by Gasteiger charge is -2.14. The van der Waals surface area contributed by atoms with E-state index in [1.165, 1.54) is 10.4 Å². The minimum Gasteiger partial charge on any atom is -0.368 e. The van der Waals surface area contributed by atoms with Gasteiger partial charge in [0.05, 0.1) is 0 Å². The van der Waals surface area contributed by atoms with Crippen molar-refractivity contribution in [2.45, 2.75) is 19.9 Å². The van der Waals surface area contributed by atoms with Gasteiger partial charge in [0, 0.05) is 19.7 Å². The molecule has 1 aromatic carbocycles. The van der Waals surface area contributed by atoms with Crippen molar-refractivity contribution in [3.63, 3.8) is 0 Å². The molecule has 9 nitrogen and oxygen atoms in total. The van der Waals surface area contributed by atoms with Crippen molar-refractivity contribution < 1.29 is 0 Å². The smallest absolute Gasteiger partial charge is 0.229 e. The van der Waals surface area contributed by atoms with Gasteiger partial charge in [0.2, 0.25) is 17.7 Å². The van der Waals surface area contributed by atoms with Crippen LogP contribution in [0.4, 0.5) is 11.9 Å². The van der Waals surface area contributed by atoms with Gasteiger partial charge in [-0.3, -0.25) is 0 Å². The van der Waals surface area contributed by atoms with Crippen LogP contribution in [0.1, 0.15) is 24.4 Å². The van der Waals surface area contributed by atoms with Crippen LogP contribution in [-0.2, 0) is 0 Å². The second kappa shape index (κ2) is 6.19. The number of anilines is 2. The van der Waals surface area contributed by atoms with Crippen LogP contribution < -0.4 is 10.6 Å². The Bertz CT molecular complexity index is 838. The van der Waals surface area contributed by atoms with E-state index in [1.807, 2.05) is 52.2 Å². The summed E-state index contributed by atoms with van der Waals surface area (Å²) in [6, 6.07) is 7.63. The molecule has 2 heterocycles. The monoisotopic (exact) mass is 325 g/mol. The predicted molar refractivity (Wildman–Crippen MR) is 90.4 cm³/mol. The molecular weight excluding hydrogens is 306 g/mol. The molecule has 0 aliphatic heterocycles. The quantitative estimate of drug-likeness (QED) is 0.758. The molecule has 0 aliphatic rings. The predicted octanol–water partition coefficient (Wildman–Crippen LogP) is 1.09. The molecule has 9 heteroatoms. The van der Waals surface area contributed by atoms with E-state index < -0.39 is 0 Å². The van der Waals surface area contributed by atoms with Crippen molar-refractivity contribution in [3.05, 3.63) is 35.7 Å². The Kier molecular flexibility index (Phi) is 4.07. The number of aryl methyl sites for hydroxylation is 1. The van der Waals surface area contributed by atoms with E-state index in [9.17, 15) is 0 Å². The highest BCUT2D eigenvalue weighted by atomic mass is 15.6. The van der Waals surface area contributed by atoms with Gasteiger partial charge in [0.25, 0.3) is 0 Å². The van der Waals surface area contributed by atoms with Gasteiger partial charge in [-0.25, -0.2) is 0 Å². The molecular formula is C15H19N9. The zero-order valence-electron chi connectivity index (χ0n) is 14.0. The maximum Gasteiger partial charge on any atom is 0.229 e. The van der Waals surface area contributed by atoms with Gasteiger partial charge < -0.3 is 10.6 Å². The number of tetrazole rings is 1. The number of rotatable bonds is 4. The number of hydrogen-bond acceptors (Lipinski definition) is 8. The first-order valence-corrected chi connectivity index (χ1v) is 7.49. The van der Waals surface area contributed by atoms with Crippen LogP contribution in [-0.4, -0.2) is 49.3 Å². The van der Waals surface area contributed by atoms with Crippen LogP contribution >= 0.6 is 0 Å². The summed E-state index contributed by atoms with van der Waals surface area (Å²) in [6.45, 7) is 3.92. The minimum atomic E-state index is -0.319. The fraction of sp³-hybridized carbons (Fsp3) is 0.333. The number of nitrogen functional groups attached to an aromatic ring is 1. The van der Waals surface area contributed by atoms with Crippen molar-refractivity contribution in [2.75, 3.05) is 24.7 Å². The van der Waals surface area contributed by atoms with Crippen molar-refractivity contribution in [1.82, 2.24) is 35.2 Å². The largest absolute Gasteiger partial charge is 0.368 e. The van der Waals surface area contributed by atoms with Gasteiger partial charge in [-0.1, -0.05) is 29.8 Å². The van der Waals surface area contributed by atoms with Crippen LogP contribution in [0.3, 0.4) is 0 Å². The number of aromatic nitrogens is 7. The van der Waals surface area contributed by atoms with E-state index in [0.717, 1.165) is 5.56 Å². The first kappa shape index (κ1) is 15.8. The summed E-state index contributed by atoms with van der Waals surface area (Å²) in [5, 5.41) is 12.7. The summed E-state index contributed by atoms with van der Waals surface area (Å²) < 4.78 is 0. The zero-order chi connectivity index (χ0) is 17.3. The second-order valence-electron chi connectivity index (χ2n) is 5.72. The molecule has 2 aromatic heterocycles. The zero-order valence-corrected chi connectivity index (χ0v) is 14.0.